The number of allylic oxidation sites excluding steroid dienone is 1. The topological polar surface area (TPSA) is 29.4 Å². The highest BCUT2D eigenvalue weighted by atomic mass is 16.1. The monoisotopic (exact) mass is 173 g/mol. The summed E-state index contributed by atoms with van der Waals surface area (Å²) in [6, 6.07) is 7.96. The molecule has 1 aromatic rings. The molecule has 0 bridgehead atoms. The summed E-state index contributed by atoms with van der Waals surface area (Å²) >= 11 is 0. The number of isocyanates is 1. The maximum Gasteiger partial charge on any atom is 0.240 e. The van der Waals surface area contributed by atoms with Gasteiger partial charge in [0.15, 0.2) is 0 Å². The first kappa shape index (κ1) is 9.43. The molecule has 13 heavy (non-hydrogen) atoms. The molecule has 66 valence electrons. The van der Waals surface area contributed by atoms with Crippen molar-refractivity contribution in [2.24, 2.45) is 4.99 Å². The van der Waals surface area contributed by atoms with Gasteiger partial charge in [-0.1, -0.05) is 30.8 Å². The summed E-state index contributed by atoms with van der Waals surface area (Å²) in [6.07, 6.45) is 2.10. The number of rotatable bonds is 3. The summed E-state index contributed by atoms with van der Waals surface area (Å²) < 4.78 is 0. The summed E-state index contributed by atoms with van der Waals surface area (Å²) in [4.78, 5) is 13.4. The number of nitrogens with zero attached hydrogens (tertiary/aromatic N) is 1. The SMILES string of the molecule is C=C(Cc1ccccc1C)N=C=O. The van der Waals surface area contributed by atoms with E-state index >= 15 is 0 Å². The summed E-state index contributed by atoms with van der Waals surface area (Å²) in [5.41, 5.74) is 2.88. The quantitative estimate of drug-likeness (QED) is 0.509. The van der Waals surface area contributed by atoms with E-state index in [1.165, 1.54) is 11.6 Å². The fourth-order valence-corrected chi connectivity index (χ4v) is 1.13. The van der Waals surface area contributed by atoms with Gasteiger partial charge in [-0.3, -0.25) is 0 Å². The normalized spacial score (nSPS) is 9.00. The molecule has 0 fully saturated rings. The van der Waals surface area contributed by atoms with Crippen LogP contribution in [0.4, 0.5) is 0 Å². The van der Waals surface area contributed by atoms with Crippen LogP contribution >= 0.6 is 0 Å². The maximum atomic E-state index is 9.94. The number of hydrogen-bond donors (Lipinski definition) is 0. The van der Waals surface area contributed by atoms with Crippen LogP contribution in [-0.2, 0) is 11.2 Å². The van der Waals surface area contributed by atoms with Crippen LogP contribution in [0.25, 0.3) is 0 Å². The van der Waals surface area contributed by atoms with Crippen molar-refractivity contribution in [3.05, 3.63) is 47.7 Å². The summed E-state index contributed by atoms with van der Waals surface area (Å²) in [5.74, 6) is 0. The van der Waals surface area contributed by atoms with Crippen molar-refractivity contribution in [2.75, 3.05) is 0 Å². The van der Waals surface area contributed by atoms with E-state index in [1.54, 1.807) is 0 Å². The van der Waals surface area contributed by atoms with Crippen molar-refractivity contribution in [1.82, 2.24) is 0 Å². The summed E-state index contributed by atoms with van der Waals surface area (Å²) in [5, 5.41) is 0. The summed E-state index contributed by atoms with van der Waals surface area (Å²) in [6.45, 7) is 5.67. The Labute approximate surface area is 77.6 Å². The van der Waals surface area contributed by atoms with Crippen LogP contribution in [0.2, 0.25) is 0 Å². The molecular formula is C11H11NO. The van der Waals surface area contributed by atoms with Crippen molar-refractivity contribution < 1.29 is 4.79 Å². The van der Waals surface area contributed by atoms with E-state index in [0.717, 1.165) is 5.56 Å². The second kappa shape index (κ2) is 4.39. The number of benzene rings is 1. The van der Waals surface area contributed by atoms with Crippen LogP contribution in [-0.4, -0.2) is 6.08 Å². The Morgan fingerprint density at radius 3 is 2.85 bits per heavy atom. The van der Waals surface area contributed by atoms with Gasteiger partial charge in [-0.05, 0) is 18.1 Å². The largest absolute Gasteiger partial charge is 0.240 e. The molecule has 0 aliphatic heterocycles. The van der Waals surface area contributed by atoms with Gasteiger partial charge in [0.1, 0.15) is 0 Å². The first-order chi connectivity index (χ1) is 6.24. The molecule has 1 rings (SSSR count). The van der Waals surface area contributed by atoms with Gasteiger partial charge in [0.2, 0.25) is 6.08 Å². The highest BCUT2D eigenvalue weighted by molar-refractivity contribution is 5.38. The van der Waals surface area contributed by atoms with Crippen LogP contribution in [0.1, 0.15) is 11.1 Å². The molecule has 0 atom stereocenters. The van der Waals surface area contributed by atoms with Crippen LogP contribution < -0.4 is 0 Å². The molecule has 0 saturated carbocycles. The minimum atomic E-state index is 0.546. The van der Waals surface area contributed by atoms with Crippen molar-refractivity contribution >= 4 is 6.08 Å². The average molecular weight is 173 g/mol. The molecule has 1 aromatic carbocycles. The third kappa shape index (κ3) is 2.69. The standard InChI is InChI=1S/C11H11NO/c1-9-5-3-4-6-11(9)7-10(2)12-8-13/h3-6H,2,7H2,1H3. The Hall–Kier alpha value is -1.66. The Bertz CT molecular complexity index is 362. The lowest BCUT2D eigenvalue weighted by molar-refractivity contribution is 0.564. The first-order valence-electron chi connectivity index (χ1n) is 4.04. The molecule has 0 N–H and O–H groups in total. The summed E-state index contributed by atoms with van der Waals surface area (Å²) in [7, 11) is 0. The van der Waals surface area contributed by atoms with Gasteiger partial charge >= 0.3 is 0 Å². The highest BCUT2D eigenvalue weighted by Gasteiger charge is 1.98. The van der Waals surface area contributed by atoms with Gasteiger partial charge in [0.05, 0.1) is 5.70 Å². The molecule has 0 aromatic heterocycles. The number of aryl methyl sites for hydroxylation is 1. The van der Waals surface area contributed by atoms with Crippen molar-refractivity contribution in [2.45, 2.75) is 13.3 Å². The zero-order valence-corrected chi connectivity index (χ0v) is 7.58. The zero-order valence-electron chi connectivity index (χ0n) is 7.58. The smallest absolute Gasteiger partial charge is 0.211 e. The molecule has 0 spiro atoms. The fraction of sp³-hybridized carbons (Fsp3) is 0.182. The molecule has 0 saturated heterocycles. The lowest BCUT2D eigenvalue weighted by atomic mass is 10.1. The Morgan fingerprint density at radius 2 is 2.23 bits per heavy atom. The fourth-order valence-electron chi connectivity index (χ4n) is 1.13. The molecule has 0 aliphatic rings. The van der Waals surface area contributed by atoms with Crippen LogP contribution in [0.3, 0.4) is 0 Å². The van der Waals surface area contributed by atoms with Gasteiger partial charge in [0.25, 0.3) is 0 Å². The average Bonchev–Trinajstić information content (AvgIpc) is 2.09. The molecule has 2 nitrogen and oxygen atoms in total. The molecule has 0 unspecified atom stereocenters. The Morgan fingerprint density at radius 1 is 1.54 bits per heavy atom. The molecule has 0 amide bonds. The number of carbonyl (C=O) groups excluding carboxylic acids is 1. The third-order valence-corrected chi connectivity index (χ3v) is 1.86. The molecule has 0 heterocycles. The van der Waals surface area contributed by atoms with Gasteiger partial charge < -0.3 is 0 Å². The zero-order chi connectivity index (χ0) is 9.68. The van der Waals surface area contributed by atoms with E-state index in [4.69, 9.17) is 0 Å². The van der Waals surface area contributed by atoms with Crippen molar-refractivity contribution in [3.8, 4) is 0 Å². The van der Waals surface area contributed by atoms with E-state index < -0.39 is 0 Å². The Balaban J connectivity index is 2.80. The minimum absolute atomic E-state index is 0.546. The van der Waals surface area contributed by atoms with Crippen molar-refractivity contribution in [1.29, 1.82) is 0 Å². The lowest BCUT2D eigenvalue weighted by Crippen LogP contribution is -1.89. The maximum absolute atomic E-state index is 9.94. The van der Waals surface area contributed by atoms with Crippen molar-refractivity contribution in [3.63, 3.8) is 0 Å². The molecular weight excluding hydrogens is 162 g/mol. The predicted molar refractivity (Wildman–Crippen MR) is 52.1 cm³/mol. The third-order valence-electron chi connectivity index (χ3n) is 1.86. The van der Waals surface area contributed by atoms with Crippen LogP contribution in [0, 0.1) is 6.92 Å². The van der Waals surface area contributed by atoms with Gasteiger partial charge in [0, 0.05) is 6.42 Å². The van der Waals surface area contributed by atoms with E-state index in [1.807, 2.05) is 31.2 Å². The van der Waals surface area contributed by atoms with Crippen LogP contribution in [0.15, 0.2) is 41.5 Å². The minimum Gasteiger partial charge on any atom is -0.211 e. The first-order valence-corrected chi connectivity index (χ1v) is 4.04. The Kier molecular flexibility index (Phi) is 3.18. The second-order valence-corrected chi connectivity index (χ2v) is 2.87. The molecule has 2 heteroatoms. The molecule has 0 aliphatic carbocycles. The van der Waals surface area contributed by atoms with Crippen LogP contribution in [0.5, 0.6) is 0 Å². The lowest BCUT2D eigenvalue weighted by Gasteiger charge is -2.02. The highest BCUT2D eigenvalue weighted by Crippen LogP contribution is 2.11. The second-order valence-electron chi connectivity index (χ2n) is 2.87. The number of aliphatic imine (C=N–C) groups is 1. The van der Waals surface area contributed by atoms with E-state index in [9.17, 15) is 4.79 Å². The van der Waals surface area contributed by atoms with E-state index in [-0.39, 0.29) is 0 Å². The van der Waals surface area contributed by atoms with Gasteiger partial charge in [-0.2, -0.15) is 4.99 Å². The van der Waals surface area contributed by atoms with E-state index in [2.05, 4.69) is 11.6 Å². The van der Waals surface area contributed by atoms with E-state index in [0.29, 0.717) is 12.1 Å². The predicted octanol–water partition coefficient (Wildman–Crippen LogP) is 2.39. The van der Waals surface area contributed by atoms with Gasteiger partial charge in [-0.25, -0.2) is 4.79 Å². The number of hydrogen-bond acceptors (Lipinski definition) is 2. The van der Waals surface area contributed by atoms with Gasteiger partial charge in [-0.15, -0.1) is 0 Å². The molecule has 0 radical (unpaired) electrons.